The number of hydrogen-bond acceptors (Lipinski definition) is 4. The van der Waals surface area contributed by atoms with Crippen molar-refractivity contribution >= 4 is 5.91 Å². The van der Waals surface area contributed by atoms with Crippen LogP contribution in [0.25, 0.3) is 0 Å². The van der Waals surface area contributed by atoms with Gasteiger partial charge in [0.25, 0.3) is 5.91 Å². The molecule has 0 aliphatic heterocycles. The maximum atomic E-state index is 11.4. The fourth-order valence-electron chi connectivity index (χ4n) is 2.42. The largest absolute Gasteiger partial charge is 0.491 e. The minimum absolute atomic E-state index is 0.325. The molecular weight excluding hydrogens is 256 g/mol. The first-order valence-electron chi connectivity index (χ1n) is 7.15. The second kappa shape index (κ2) is 7.87. The molecule has 1 aromatic rings. The SMILES string of the molecule is NNC(=O)c1cccc(OCCOC2CCCCC2)c1. The summed E-state index contributed by atoms with van der Waals surface area (Å²) in [6.45, 7) is 1.07. The molecule has 2 rings (SSSR count). The van der Waals surface area contributed by atoms with E-state index in [9.17, 15) is 4.79 Å². The van der Waals surface area contributed by atoms with Gasteiger partial charge in [0.2, 0.25) is 0 Å². The monoisotopic (exact) mass is 278 g/mol. The molecule has 3 N–H and O–H groups in total. The maximum absolute atomic E-state index is 11.4. The molecule has 0 atom stereocenters. The Labute approximate surface area is 119 Å². The van der Waals surface area contributed by atoms with Gasteiger partial charge in [0.05, 0.1) is 12.7 Å². The third-order valence-electron chi connectivity index (χ3n) is 3.49. The molecule has 1 amide bonds. The molecule has 1 aromatic carbocycles. The van der Waals surface area contributed by atoms with Gasteiger partial charge < -0.3 is 9.47 Å². The Morgan fingerprint density at radius 1 is 1.25 bits per heavy atom. The smallest absolute Gasteiger partial charge is 0.265 e. The Morgan fingerprint density at radius 2 is 2.05 bits per heavy atom. The van der Waals surface area contributed by atoms with Crippen LogP contribution in [-0.2, 0) is 4.74 Å². The van der Waals surface area contributed by atoms with Crippen LogP contribution in [0.2, 0.25) is 0 Å². The van der Waals surface area contributed by atoms with Crippen molar-refractivity contribution in [2.24, 2.45) is 5.84 Å². The van der Waals surface area contributed by atoms with Gasteiger partial charge in [-0.25, -0.2) is 5.84 Å². The highest BCUT2D eigenvalue weighted by atomic mass is 16.5. The van der Waals surface area contributed by atoms with E-state index in [2.05, 4.69) is 5.43 Å². The lowest BCUT2D eigenvalue weighted by atomic mass is 9.98. The minimum atomic E-state index is -0.325. The molecule has 110 valence electrons. The summed E-state index contributed by atoms with van der Waals surface area (Å²) in [6.07, 6.45) is 6.57. The van der Waals surface area contributed by atoms with Crippen molar-refractivity contribution in [1.29, 1.82) is 0 Å². The van der Waals surface area contributed by atoms with Gasteiger partial charge in [-0.15, -0.1) is 0 Å². The number of hydrazine groups is 1. The number of amides is 1. The van der Waals surface area contributed by atoms with E-state index in [-0.39, 0.29) is 5.91 Å². The van der Waals surface area contributed by atoms with Crippen LogP contribution in [0, 0.1) is 0 Å². The molecule has 20 heavy (non-hydrogen) atoms. The second-order valence-electron chi connectivity index (χ2n) is 4.98. The zero-order valence-electron chi connectivity index (χ0n) is 11.6. The Balaban J connectivity index is 1.72. The first kappa shape index (κ1) is 14.8. The lowest BCUT2D eigenvalue weighted by Gasteiger charge is -2.21. The van der Waals surface area contributed by atoms with Gasteiger partial charge >= 0.3 is 0 Å². The number of hydrogen-bond donors (Lipinski definition) is 2. The first-order chi connectivity index (χ1) is 9.79. The number of nitrogen functional groups attached to an aromatic ring is 1. The summed E-state index contributed by atoms with van der Waals surface area (Å²) in [4.78, 5) is 11.4. The zero-order chi connectivity index (χ0) is 14.2. The Kier molecular flexibility index (Phi) is 5.83. The highest BCUT2D eigenvalue weighted by Gasteiger charge is 2.13. The maximum Gasteiger partial charge on any atom is 0.265 e. The number of rotatable bonds is 6. The summed E-state index contributed by atoms with van der Waals surface area (Å²) in [5.74, 6) is 5.42. The third kappa shape index (κ3) is 4.51. The molecular formula is C15H22N2O3. The van der Waals surface area contributed by atoms with Gasteiger partial charge in [-0.05, 0) is 31.0 Å². The molecule has 0 spiro atoms. The van der Waals surface area contributed by atoms with E-state index in [0.717, 1.165) is 12.8 Å². The molecule has 5 heteroatoms. The van der Waals surface area contributed by atoms with Crippen LogP contribution in [0.15, 0.2) is 24.3 Å². The molecule has 0 unspecified atom stereocenters. The predicted octanol–water partition coefficient (Wildman–Crippen LogP) is 2.02. The van der Waals surface area contributed by atoms with E-state index < -0.39 is 0 Å². The fraction of sp³-hybridized carbons (Fsp3) is 0.533. The molecule has 0 bridgehead atoms. The number of benzene rings is 1. The number of ether oxygens (including phenoxy) is 2. The minimum Gasteiger partial charge on any atom is -0.491 e. The fourth-order valence-corrected chi connectivity index (χ4v) is 2.42. The van der Waals surface area contributed by atoms with Crippen molar-refractivity contribution < 1.29 is 14.3 Å². The lowest BCUT2D eigenvalue weighted by Crippen LogP contribution is -2.29. The van der Waals surface area contributed by atoms with Crippen LogP contribution in [0.1, 0.15) is 42.5 Å². The van der Waals surface area contributed by atoms with Crippen molar-refractivity contribution in [3.8, 4) is 5.75 Å². The number of carbonyl (C=O) groups excluding carboxylic acids is 1. The van der Waals surface area contributed by atoms with Gasteiger partial charge in [-0.2, -0.15) is 0 Å². The van der Waals surface area contributed by atoms with Crippen molar-refractivity contribution in [1.82, 2.24) is 5.43 Å². The average Bonchev–Trinajstić information content (AvgIpc) is 2.52. The van der Waals surface area contributed by atoms with Crippen molar-refractivity contribution in [3.63, 3.8) is 0 Å². The van der Waals surface area contributed by atoms with Crippen LogP contribution >= 0.6 is 0 Å². The van der Waals surface area contributed by atoms with Gasteiger partial charge in [-0.1, -0.05) is 25.3 Å². The number of nitrogens with two attached hydrogens (primary N) is 1. The topological polar surface area (TPSA) is 73.6 Å². The molecule has 0 aromatic heterocycles. The molecule has 0 saturated heterocycles. The van der Waals surface area contributed by atoms with Gasteiger partial charge in [0.15, 0.2) is 0 Å². The van der Waals surface area contributed by atoms with E-state index in [1.807, 2.05) is 6.07 Å². The van der Waals surface area contributed by atoms with Crippen molar-refractivity contribution in [2.45, 2.75) is 38.2 Å². The van der Waals surface area contributed by atoms with Gasteiger partial charge in [0, 0.05) is 5.56 Å². The second-order valence-corrected chi connectivity index (χ2v) is 4.98. The van der Waals surface area contributed by atoms with Crippen LogP contribution in [0.3, 0.4) is 0 Å². The summed E-state index contributed by atoms with van der Waals surface area (Å²) >= 11 is 0. The molecule has 0 heterocycles. The first-order valence-corrected chi connectivity index (χ1v) is 7.15. The van der Waals surface area contributed by atoms with E-state index in [0.29, 0.717) is 30.6 Å². The zero-order valence-corrected chi connectivity index (χ0v) is 11.6. The lowest BCUT2D eigenvalue weighted by molar-refractivity contribution is 0.0129. The number of carbonyl (C=O) groups is 1. The van der Waals surface area contributed by atoms with E-state index in [4.69, 9.17) is 15.3 Å². The van der Waals surface area contributed by atoms with Crippen molar-refractivity contribution in [2.75, 3.05) is 13.2 Å². The van der Waals surface area contributed by atoms with Crippen LogP contribution in [0.4, 0.5) is 0 Å². The summed E-state index contributed by atoms with van der Waals surface area (Å²) < 4.78 is 11.4. The molecule has 5 nitrogen and oxygen atoms in total. The van der Waals surface area contributed by atoms with Crippen molar-refractivity contribution in [3.05, 3.63) is 29.8 Å². The predicted molar refractivity (Wildman–Crippen MR) is 76.4 cm³/mol. The Bertz CT molecular complexity index is 431. The highest BCUT2D eigenvalue weighted by Crippen LogP contribution is 2.20. The quantitative estimate of drug-likeness (QED) is 0.361. The van der Waals surface area contributed by atoms with E-state index in [1.165, 1.54) is 19.3 Å². The van der Waals surface area contributed by atoms with Gasteiger partial charge in [-0.3, -0.25) is 10.2 Å². The Hall–Kier alpha value is -1.59. The summed E-state index contributed by atoms with van der Waals surface area (Å²) in [7, 11) is 0. The van der Waals surface area contributed by atoms with Crippen LogP contribution in [0.5, 0.6) is 5.75 Å². The average molecular weight is 278 g/mol. The molecule has 0 radical (unpaired) electrons. The molecule has 1 aliphatic carbocycles. The van der Waals surface area contributed by atoms with E-state index in [1.54, 1.807) is 18.2 Å². The van der Waals surface area contributed by atoms with Crippen LogP contribution < -0.4 is 16.0 Å². The summed E-state index contributed by atoms with van der Waals surface area (Å²) in [5, 5.41) is 0. The third-order valence-corrected chi connectivity index (χ3v) is 3.49. The number of nitrogens with one attached hydrogen (secondary N) is 1. The molecule has 1 aliphatic rings. The standard InChI is InChI=1S/C15H22N2O3/c16-17-15(18)12-5-4-8-14(11-12)20-10-9-19-13-6-2-1-3-7-13/h4-5,8,11,13H,1-3,6-7,9-10,16H2,(H,17,18). The summed E-state index contributed by atoms with van der Waals surface area (Å²) in [5.41, 5.74) is 2.58. The Morgan fingerprint density at radius 3 is 2.80 bits per heavy atom. The molecule has 1 saturated carbocycles. The van der Waals surface area contributed by atoms with Gasteiger partial charge in [0.1, 0.15) is 12.4 Å². The normalized spacial score (nSPS) is 15.8. The van der Waals surface area contributed by atoms with E-state index >= 15 is 0 Å². The highest BCUT2D eigenvalue weighted by molar-refractivity contribution is 5.94. The van der Waals surface area contributed by atoms with Crippen LogP contribution in [-0.4, -0.2) is 25.2 Å². The molecule has 1 fully saturated rings. The summed E-state index contributed by atoms with van der Waals surface area (Å²) in [6, 6.07) is 6.94.